The summed E-state index contributed by atoms with van der Waals surface area (Å²) in [6, 6.07) is 0. The Hall–Kier alpha value is -0.260. The van der Waals surface area contributed by atoms with Gasteiger partial charge < -0.3 is 0 Å². The molecule has 0 aliphatic heterocycles. The maximum absolute atomic E-state index is 4.08. The van der Waals surface area contributed by atoms with E-state index in [2.05, 4.69) is 20.4 Å². The van der Waals surface area contributed by atoms with Crippen molar-refractivity contribution >= 4 is 0 Å². The largest absolute Gasteiger partial charge is 0.0999 e. The van der Waals surface area contributed by atoms with Gasteiger partial charge in [0.1, 0.15) is 0 Å². The Morgan fingerprint density at radius 3 is 2.45 bits per heavy atom. The lowest BCUT2D eigenvalue weighted by atomic mass is 9.75. The van der Waals surface area contributed by atoms with Gasteiger partial charge in [-0.3, -0.25) is 0 Å². The molecule has 0 heterocycles. The van der Waals surface area contributed by atoms with Crippen molar-refractivity contribution in [2.45, 2.75) is 46.0 Å². The summed E-state index contributed by atoms with van der Waals surface area (Å²) in [5.41, 5.74) is 1.49. The number of hydrogen-bond acceptors (Lipinski definition) is 0. The lowest BCUT2D eigenvalue weighted by Gasteiger charge is -2.31. The molecule has 0 aromatic carbocycles. The molecular weight excluding hydrogens is 132 g/mol. The standard InChI is InChI=1S/C11H20/c1-4-10-7-6-9(3)8-11(10)5-2/h10-11H,3-8H2,1-2H3. The highest BCUT2D eigenvalue weighted by molar-refractivity contribution is 5.01. The van der Waals surface area contributed by atoms with Crippen LogP contribution in [0.4, 0.5) is 0 Å². The second-order valence-corrected chi connectivity index (χ2v) is 3.83. The molecule has 2 unspecified atom stereocenters. The molecule has 1 aliphatic carbocycles. The first-order valence-corrected chi connectivity index (χ1v) is 4.94. The minimum absolute atomic E-state index is 0.946. The third-order valence-corrected chi connectivity index (χ3v) is 3.13. The van der Waals surface area contributed by atoms with Crippen LogP contribution in [0.5, 0.6) is 0 Å². The van der Waals surface area contributed by atoms with E-state index in [0.717, 1.165) is 11.8 Å². The maximum atomic E-state index is 4.08. The van der Waals surface area contributed by atoms with Crippen molar-refractivity contribution in [2.75, 3.05) is 0 Å². The molecule has 0 nitrogen and oxygen atoms in total. The highest BCUT2D eigenvalue weighted by Crippen LogP contribution is 2.36. The first kappa shape index (κ1) is 8.83. The molecule has 0 N–H and O–H groups in total. The van der Waals surface area contributed by atoms with Gasteiger partial charge in [-0.05, 0) is 31.1 Å². The van der Waals surface area contributed by atoms with Crippen molar-refractivity contribution < 1.29 is 0 Å². The van der Waals surface area contributed by atoms with Gasteiger partial charge in [0, 0.05) is 0 Å². The molecule has 0 radical (unpaired) electrons. The molecule has 0 spiro atoms. The van der Waals surface area contributed by atoms with Gasteiger partial charge in [0.15, 0.2) is 0 Å². The molecule has 1 fully saturated rings. The third-order valence-electron chi connectivity index (χ3n) is 3.13. The molecule has 0 bridgehead atoms. The highest BCUT2D eigenvalue weighted by Gasteiger charge is 2.23. The Bertz CT molecular complexity index is 135. The fourth-order valence-corrected chi connectivity index (χ4v) is 2.28. The zero-order valence-corrected chi connectivity index (χ0v) is 7.90. The Morgan fingerprint density at radius 2 is 1.91 bits per heavy atom. The Morgan fingerprint density at radius 1 is 1.27 bits per heavy atom. The fraction of sp³-hybridized carbons (Fsp3) is 0.818. The van der Waals surface area contributed by atoms with Crippen molar-refractivity contribution in [2.24, 2.45) is 11.8 Å². The third kappa shape index (κ3) is 2.08. The van der Waals surface area contributed by atoms with Crippen LogP contribution in [0.2, 0.25) is 0 Å². The summed E-state index contributed by atoms with van der Waals surface area (Å²) in [5, 5.41) is 0. The number of rotatable bonds is 2. The van der Waals surface area contributed by atoms with E-state index in [0.29, 0.717) is 0 Å². The van der Waals surface area contributed by atoms with E-state index in [9.17, 15) is 0 Å². The van der Waals surface area contributed by atoms with E-state index in [4.69, 9.17) is 0 Å². The first-order chi connectivity index (χ1) is 5.27. The summed E-state index contributed by atoms with van der Waals surface area (Å²) in [6.07, 6.45) is 6.70. The van der Waals surface area contributed by atoms with Crippen LogP contribution in [0.15, 0.2) is 12.2 Å². The zero-order valence-electron chi connectivity index (χ0n) is 7.90. The number of hydrogen-bond donors (Lipinski definition) is 0. The van der Waals surface area contributed by atoms with Crippen LogP contribution >= 0.6 is 0 Å². The van der Waals surface area contributed by atoms with Gasteiger partial charge in [-0.25, -0.2) is 0 Å². The predicted octanol–water partition coefficient (Wildman–Crippen LogP) is 3.78. The molecule has 0 amide bonds. The summed E-state index contributed by atoms with van der Waals surface area (Å²) in [6.45, 7) is 8.71. The van der Waals surface area contributed by atoms with Gasteiger partial charge in [-0.2, -0.15) is 0 Å². The van der Waals surface area contributed by atoms with Gasteiger partial charge in [-0.15, -0.1) is 0 Å². The summed E-state index contributed by atoms with van der Waals surface area (Å²) in [5.74, 6) is 1.94. The quantitative estimate of drug-likeness (QED) is 0.528. The molecule has 1 saturated carbocycles. The molecular formula is C11H20. The minimum atomic E-state index is 0.946. The molecule has 0 heteroatoms. The zero-order chi connectivity index (χ0) is 8.27. The molecule has 0 saturated heterocycles. The summed E-state index contributed by atoms with van der Waals surface area (Å²) in [7, 11) is 0. The number of allylic oxidation sites excluding steroid dienone is 1. The minimum Gasteiger partial charge on any atom is -0.0999 e. The lowest BCUT2D eigenvalue weighted by Crippen LogP contribution is -2.19. The fourth-order valence-electron chi connectivity index (χ4n) is 2.28. The predicted molar refractivity (Wildman–Crippen MR) is 50.6 cm³/mol. The second kappa shape index (κ2) is 3.94. The van der Waals surface area contributed by atoms with E-state index < -0.39 is 0 Å². The average Bonchev–Trinajstić information content (AvgIpc) is 2.04. The van der Waals surface area contributed by atoms with Crippen LogP contribution in [-0.4, -0.2) is 0 Å². The monoisotopic (exact) mass is 152 g/mol. The molecule has 2 atom stereocenters. The van der Waals surface area contributed by atoms with Gasteiger partial charge in [0.2, 0.25) is 0 Å². The Kier molecular flexibility index (Phi) is 3.16. The van der Waals surface area contributed by atoms with Crippen molar-refractivity contribution in [3.63, 3.8) is 0 Å². The van der Waals surface area contributed by atoms with Crippen LogP contribution in [-0.2, 0) is 0 Å². The van der Waals surface area contributed by atoms with E-state index in [1.54, 1.807) is 0 Å². The van der Waals surface area contributed by atoms with Gasteiger partial charge in [0.05, 0.1) is 0 Å². The van der Waals surface area contributed by atoms with Crippen LogP contribution in [0.25, 0.3) is 0 Å². The topological polar surface area (TPSA) is 0 Å². The van der Waals surface area contributed by atoms with E-state index >= 15 is 0 Å². The van der Waals surface area contributed by atoms with E-state index in [-0.39, 0.29) is 0 Å². The average molecular weight is 152 g/mol. The van der Waals surface area contributed by atoms with Crippen molar-refractivity contribution in [3.05, 3.63) is 12.2 Å². The van der Waals surface area contributed by atoms with Crippen LogP contribution < -0.4 is 0 Å². The van der Waals surface area contributed by atoms with Crippen LogP contribution in [0.1, 0.15) is 46.0 Å². The Labute approximate surface area is 70.7 Å². The van der Waals surface area contributed by atoms with Gasteiger partial charge in [0.25, 0.3) is 0 Å². The molecule has 64 valence electrons. The van der Waals surface area contributed by atoms with E-state index in [1.807, 2.05) is 0 Å². The first-order valence-electron chi connectivity index (χ1n) is 4.94. The molecule has 0 aromatic rings. The Balaban J connectivity index is 2.48. The van der Waals surface area contributed by atoms with Crippen molar-refractivity contribution in [1.29, 1.82) is 0 Å². The molecule has 0 aromatic heterocycles. The SMILES string of the molecule is C=C1CCC(CC)C(CC)C1. The summed E-state index contributed by atoms with van der Waals surface area (Å²) in [4.78, 5) is 0. The highest BCUT2D eigenvalue weighted by atomic mass is 14.3. The van der Waals surface area contributed by atoms with E-state index in [1.165, 1.54) is 37.7 Å². The van der Waals surface area contributed by atoms with Crippen LogP contribution in [0, 0.1) is 11.8 Å². The molecule has 11 heavy (non-hydrogen) atoms. The smallest absolute Gasteiger partial charge is 0.0292 e. The lowest BCUT2D eigenvalue weighted by molar-refractivity contribution is 0.261. The summed E-state index contributed by atoms with van der Waals surface area (Å²) < 4.78 is 0. The van der Waals surface area contributed by atoms with Crippen LogP contribution in [0.3, 0.4) is 0 Å². The van der Waals surface area contributed by atoms with Gasteiger partial charge in [-0.1, -0.05) is 38.8 Å². The normalized spacial score (nSPS) is 32.4. The van der Waals surface area contributed by atoms with Gasteiger partial charge >= 0.3 is 0 Å². The summed E-state index contributed by atoms with van der Waals surface area (Å²) >= 11 is 0. The van der Waals surface area contributed by atoms with Crippen molar-refractivity contribution in [1.82, 2.24) is 0 Å². The maximum Gasteiger partial charge on any atom is -0.0292 e. The van der Waals surface area contributed by atoms with Crippen molar-refractivity contribution in [3.8, 4) is 0 Å². The molecule has 1 aliphatic rings. The molecule has 1 rings (SSSR count). The second-order valence-electron chi connectivity index (χ2n) is 3.83.